The van der Waals surface area contributed by atoms with Crippen molar-refractivity contribution in [3.05, 3.63) is 113 Å². The van der Waals surface area contributed by atoms with Gasteiger partial charge in [-0.15, -0.1) is 5.73 Å². The standard InChI is InChI=1S/C23H18O2/c1-18(23(24)25-21-15-9-4-10-16-21)17-22(19-11-5-2-6-12-19)20-13-7-3-8-14-20/h2-16H,1H3. The summed E-state index contributed by atoms with van der Waals surface area (Å²) in [4.78, 5) is 12.4. The number of benzene rings is 3. The Morgan fingerprint density at radius 2 is 1.16 bits per heavy atom. The number of carbonyl (C=O) groups excluding carboxylic acids is 1. The summed E-state index contributed by atoms with van der Waals surface area (Å²) >= 11 is 0. The van der Waals surface area contributed by atoms with Crippen LogP contribution < -0.4 is 4.74 Å². The van der Waals surface area contributed by atoms with Crippen LogP contribution in [0.2, 0.25) is 0 Å². The second-order valence-electron chi connectivity index (χ2n) is 5.56. The van der Waals surface area contributed by atoms with Gasteiger partial charge in [-0.25, -0.2) is 4.79 Å². The van der Waals surface area contributed by atoms with Gasteiger partial charge in [0.1, 0.15) is 5.75 Å². The molecule has 0 unspecified atom stereocenters. The van der Waals surface area contributed by atoms with E-state index in [2.05, 4.69) is 5.73 Å². The smallest absolute Gasteiger partial charge is 0.346 e. The van der Waals surface area contributed by atoms with E-state index in [9.17, 15) is 4.79 Å². The maximum atomic E-state index is 12.4. The molecule has 0 saturated carbocycles. The van der Waals surface area contributed by atoms with Crippen LogP contribution in [0, 0.1) is 0 Å². The van der Waals surface area contributed by atoms with Gasteiger partial charge >= 0.3 is 5.97 Å². The third-order valence-corrected chi connectivity index (χ3v) is 3.70. The molecule has 3 rings (SSSR count). The van der Waals surface area contributed by atoms with Crippen LogP contribution in [0.1, 0.15) is 18.1 Å². The van der Waals surface area contributed by atoms with Crippen LogP contribution >= 0.6 is 0 Å². The number of hydrogen-bond donors (Lipinski definition) is 0. The van der Waals surface area contributed by atoms with Crippen molar-refractivity contribution < 1.29 is 9.53 Å². The van der Waals surface area contributed by atoms with E-state index in [0.717, 1.165) is 16.7 Å². The lowest BCUT2D eigenvalue weighted by Crippen LogP contribution is -2.08. The number of para-hydroxylation sites is 1. The summed E-state index contributed by atoms with van der Waals surface area (Å²) in [6.07, 6.45) is 0. The molecule has 0 saturated heterocycles. The van der Waals surface area contributed by atoms with E-state index in [4.69, 9.17) is 4.74 Å². The van der Waals surface area contributed by atoms with Gasteiger partial charge in [0, 0.05) is 5.57 Å². The Morgan fingerprint density at radius 3 is 1.64 bits per heavy atom. The molecule has 3 aromatic carbocycles. The largest absolute Gasteiger partial charge is 0.423 e. The molecule has 0 atom stereocenters. The van der Waals surface area contributed by atoms with Gasteiger partial charge in [-0.3, -0.25) is 0 Å². The van der Waals surface area contributed by atoms with E-state index >= 15 is 0 Å². The van der Waals surface area contributed by atoms with Crippen molar-refractivity contribution in [2.24, 2.45) is 0 Å². The van der Waals surface area contributed by atoms with Gasteiger partial charge < -0.3 is 4.74 Å². The Hall–Kier alpha value is -3.35. The summed E-state index contributed by atoms with van der Waals surface area (Å²) in [5, 5.41) is 0. The number of esters is 1. The van der Waals surface area contributed by atoms with Crippen molar-refractivity contribution in [1.29, 1.82) is 0 Å². The third kappa shape index (κ3) is 4.35. The van der Waals surface area contributed by atoms with Crippen molar-refractivity contribution in [3.63, 3.8) is 0 Å². The van der Waals surface area contributed by atoms with Crippen LogP contribution in [-0.2, 0) is 4.79 Å². The zero-order valence-electron chi connectivity index (χ0n) is 14.0. The molecule has 2 heteroatoms. The van der Waals surface area contributed by atoms with Crippen LogP contribution in [0.25, 0.3) is 5.57 Å². The number of hydrogen-bond acceptors (Lipinski definition) is 2. The molecule has 0 spiro atoms. The Bertz CT molecular complexity index is 863. The lowest BCUT2D eigenvalue weighted by molar-refractivity contribution is -0.130. The maximum Gasteiger partial charge on any atom is 0.346 e. The second kappa shape index (κ2) is 7.96. The monoisotopic (exact) mass is 326 g/mol. The Kier molecular flexibility index (Phi) is 5.26. The van der Waals surface area contributed by atoms with Crippen molar-refractivity contribution >= 4 is 11.5 Å². The predicted molar refractivity (Wildman–Crippen MR) is 100 cm³/mol. The quantitative estimate of drug-likeness (QED) is 0.282. The summed E-state index contributed by atoms with van der Waals surface area (Å²) < 4.78 is 5.40. The first kappa shape index (κ1) is 16.5. The second-order valence-corrected chi connectivity index (χ2v) is 5.56. The molecule has 0 aliphatic carbocycles. The first-order valence-corrected chi connectivity index (χ1v) is 8.09. The topological polar surface area (TPSA) is 26.3 Å². The fourth-order valence-electron chi connectivity index (χ4n) is 2.43. The molecule has 0 heterocycles. The van der Waals surface area contributed by atoms with Crippen molar-refractivity contribution in [2.45, 2.75) is 6.92 Å². The number of rotatable bonds is 4. The van der Waals surface area contributed by atoms with Crippen LogP contribution in [0.5, 0.6) is 5.75 Å². The summed E-state index contributed by atoms with van der Waals surface area (Å²) in [6, 6.07) is 28.9. The minimum atomic E-state index is -0.407. The highest BCUT2D eigenvalue weighted by molar-refractivity contribution is 5.92. The minimum absolute atomic E-state index is 0.407. The van der Waals surface area contributed by atoms with Crippen molar-refractivity contribution in [1.82, 2.24) is 0 Å². The predicted octanol–water partition coefficient (Wildman–Crippen LogP) is 5.27. The van der Waals surface area contributed by atoms with Gasteiger partial charge in [0.2, 0.25) is 0 Å². The van der Waals surface area contributed by atoms with Gasteiger partial charge in [0.05, 0.1) is 5.57 Å². The van der Waals surface area contributed by atoms with Crippen molar-refractivity contribution in [3.8, 4) is 5.75 Å². The summed E-state index contributed by atoms with van der Waals surface area (Å²) in [7, 11) is 0. The highest BCUT2D eigenvalue weighted by Crippen LogP contribution is 2.23. The molecular formula is C23H18O2. The molecule has 0 aliphatic rings. The average molecular weight is 326 g/mol. The van der Waals surface area contributed by atoms with Gasteiger partial charge in [0.25, 0.3) is 0 Å². The number of carbonyl (C=O) groups is 1. The van der Waals surface area contributed by atoms with E-state index in [1.54, 1.807) is 19.1 Å². The first-order valence-electron chi connectivity index (χ1n) is 8.09. The van der Waals surface area contributed by atoms with Gasteiger partial charge in [-0.1, -0.05) is 78.9 Å². The Morgan fingerprint density at radius 1 is 0.720 bits per heavy atom. The van der Waals surface area contributed by atoms with E-state index in [0.29, 0.717) is 11.3 Å². The fraction of sp³-hybridized carbons (Fsp3) is 0.0435. The van der Waals surface area contributed by atoms with Gasteiger partial charge in [-0.05, 0) is 30.2 Å². The van der Waals surface area contributed by atoms with E-state index < -0.39 is 5.97 Å². The Labute approximate surface area is 147 Å². The Balaban J connectivity index is 2.02. The summed E-state index contributed by atoms with van der Waals surface area (Å²) in [5.74, 6) is 0.116. The molecule has 0 amide bonds. The lowest BCUT2D eigenvalue weighted by Gasteiger charge is -2.07. The molecular weight excluding hydrogens is 308 g/mol. The van der Waals surface area contributed by atoms with Crippen LogP contribution in [-0.4, -0.2) is 5.97 Å². The zero-order chi connectivity index (χ0) is 17.5. The third-order valence-electron chi connectivity index (χ3n) is 3.70. The molecule has 0 radical (unpaired) electrons. The maximum absolute atomic E-state index is 12.4. The van der Waals surface area contributed by atoms with E-state index in [-0.39, 0.29) is 0 Å². The molecule has 0 aliphatic heterocycles. The minimum Gasteiger partial charge on any atom is -0.423 e. The molecule has 122 valence electrons. The van der Waals surface area contributed by atoms with Crippen molar-refractivity contribution in [2.75, 3.05) is 0 Å². The van der Waals surface area contributed by atoms with Gasteiger partial charge in [0.15, 0.2) is 0 Å². The van der Waals surface area contributed by atoms with E-state index in [1.165, 1.54) is 0 Å². The molecule has 0 fully saturated rings. The van der Waals surface area contributed by atoms with Gasteiger partial charge in [-0.2, -0.15) is 0 Å². The molecule has 25 heavy (non-hydrogen) atoms. The van der Waals surface area contributed by atoms with Crippen LogP contribution in [0.15, 0.2) is 102 Å². The average Bonchev–Trinajstić information content (AvgIpc) is 2.68. The van der Waals surface area contributed by atoms with Crippen LogP contribution in [0.3, 0.4) is 0 Å². The SMILES string of the molecule is CC(=C=C(c1ccccc1)c1ccccc1)C(=O)Oc1ccccc1. The first-order chi connectivity index (χ1) is 12.2. The molecule has 3 aromatic rings. The highest BCUT2D eigenvalue weighted by Gasteiger charge is 2.09. The zero-order valence-corrected chi connectivity index (χ0v) is 14.0. The highest BCUT2D eigenvalue weighted by atomic mass is 16.5. The molecule has 0 aromatic heterocycles. The lowest BCUT2D eigenvalue weighted by atomic mass is 9.98. The van der Waals surface area contributed by atoms with E-state index in [1.807, 2.05) is 78.9 Å². The molecule has 0 N–H and O–H groups in total. The summed E-state index contributed by atoms with van der Waals surface area (Å²) in [6.45, 7) is 1.72. The summed E-state index contributed by atoms with van der Waals surface area (Å²) in [5.41, 5.74) is 6.52. The molecule has 2 nitrogen and oxygen atoms in total. The fourth-order valence-corrected chi connectivity index (χ4v) is 2.43. The van der Waals surface area contributed by atoms with Crippen LogP contribution in [0.4, 0.5) is 0 Å². The number of ether oxygens (including phenoxy) is 1. The normalized spacial score (nSPS) is 9.80. The molecule has 0 bridgehead atoms.